The van der Waals surface area contributed by atoms with Crippen molar-refractivity contribution in [2.75, 3.05) is 31.5 Å². The van der Waals surface area contributed by atoms with E-state index in [1.807, 2.05) is 17.0 Å². The third-order valence-electron chi connectivity index (χ3n) is 6.17. The fourth-order valence-corrected chi connectivity index (χ4v) is 4.64. The number of nitrogens with zero attached hydrogens (tertiary/aromatic N) is 2. The zero-order valence-corrected chi connectivity index (χ0v) is 16.5. The Balaban J connectivity index is 1.42. The SMILES string of the molecule is O=C(Nc1ccc(Cl)cc1)C(C1CCCC1)N1CCN(C(=O)C2CC2)CC1. The van der Waals surface area contributed by atoms with Gasteiger partial charge in [-0.05, 0) is 55.9 Å². The highest BCUT2D eigenvalue weighted by atomic mass is 35.5. The van der Waals surface area contributed by atoms with E-state index in [4.69, 9.17) is 11.6 Å². The van der Waals surface area contributed by atoms with Gasteiger partial charge in [-0.2, -0.15) is 0 Å². The molecule has 146 valence electrons. The summed E-state index contributed by atoms with van der Waals surface area (Å²) in [6.07, 6.45) is 6.73. The molecule has 2 aliphatic carbocycles. The molecule has 1 aliphatic heterocycles. The van der Waals surface area contributed by atoms with Crippen LogP contribution in [-0.4, -0.2) is 53.8 Å². The maximum atomic E-state index is 13.2. The Morgan fingerprint density at radius 1 is 0.963 bits per heavy atom. The van der Waals surface area contributed by atoms with Crippen LogP contribution in [0, 0.1) is 11.8 Å². The molecule has 2 amide bonds. The van der Waals surface area contributed by atoms with Crippen molar-refractivity contribution in [3.8, 4) is 0 Å². The van der Waals surface area contributed by atoms with Crippen LogP contribution in [0.5, 0.6) is 0 Å². The van der Waals surface area contributed by atoms with Crippen LogP contribution >= 0.6 is 11.6 Å². The Kier molecular flexibility index (Phi) is 5.69. The quantitative estimate of drug-likeness (QED) is 0.839. The van der Waals surface area contributed by atoms with Gasteiger partial charge in [0.15, 0.2) is 0 Å². The van der Waals surface area contributed by atoms with Crippen LogP contribution < -0.4 is 5.32 Å². The second-order valence-corrected chi connectivity index (χ2v) is 8.56. The molecule has 4 rings (SSSR count). The van der Waals surface area contributed by atoms with Gasteiger partial charge in [-0.25, -0.2) is 0 Å². The molecule has 1 saturated heterocycles. The zero-order chi connectivity index (χ0) is 18.8. The second kappa shape index (κ2) is 8.19. The number of carbonyl (C=O) groups is 2. The van der Waals surface area contributed by atoms with Crippen LogP contribution in [0.25, 0.3) is 0 Å². The summed E-state index contributed by atoms with van der Waals surface area (Å²) in [7, 11) is 0. The van der Waals surface area contributed by atoms with Crippen LogP contribution in [0.15, 0.2) is 24.3 Å². The van der Waals surface area contributed by atoms with Crippen LogP contribution in [0.1, 0.15) is 38.5 Å². The van der Waals surface area contributed by atoms with Gasteiger partial charge in [0.2, 0.25) is 11.8 Å². The molecule has 1 N–H and O–H groups in total. The summed E-state index contributed by atoms with van der Waals surface area (Å²) in [6, 6.07) is 7.17. The van der Waals surface area contributed by atoms with Gasteiger partial charge < -0.3 is 10.2 Å². The Morgan fingerprint density at radius 3 is 2.19 bits per heavy atom. The normalized spacial score (nSPS) is 22.6. The molecular formula is C21H28ClN3O2. The average molecular weight is 390 g/mol. The summed E-state index contributed by atoms with van der Waals surface area (Å²) < 4.78 is 0. The summed E-state index contributed by atoms with van der Waals surface area (Å²) in [5.41, 5.74) is 0.787. The number of benzene rings is 1. The third kappa shape index (κ3) is 4.46. The monoisotopic (exact) mass is 389 g/mol. The van der Waals surface area contributed by atoms with Gasteiger partial charge in [0.25, 0.3) is 0 Å². The summed E-state index contributed by atoms with van der Waals surface area (Å²) in [5.74, 6) is 1.07. The zero-order valence-electron chi connectivity index (χ0n) is 15.7. The molecule has 3 fully saturated rings. The Hall–Kier alpha value is -1.59. The minimum Gasteiger partial charge on any atom is -0.340 e. The number of rotatable bonds is 5. The lowest BCUT2D eigenvalue weighted by atomic mass is 9.94. The van der Waals surface area contributed by atoms with Crippen LogP contribution in [0.3, 0.4) is 0 Å². The van der Waals surface area contributed by atoms with Gasteiger partial charge in [0.1, 0.15) is 0 Å². The number of anilines is 1. The largest absolute Gasteiger partial charge is 0.340 e. The van der Waals surface area contributed by atoms with Gasteiger partial charge in [-0.15, -0.1) is 0 Å². The summed E-state index contributed by atoms with van der Waals surface area (Å²) in [5, 5.41) is 3.75. The topological polar surface area (TPSA) is 52.7 Å². The van der Waals surface area contributed by atoms with Crippen molar-refractivity contribution < 1.29 is 9.59 Å². The van der Waals surface area contributed by atoms with Crippen molar-refractivity contribution in [3.63, 3.8) is 0 Å². The van der Waals surface area contributed by atoms with Crippen molar-refractivity contribution in [1.82, 2.24) is 9.80 Å². The smallest absolute Gasteiger partial charge is 0.242 e. The molecular weight excluding hydrogens is 362 g/mol. The first-order valence-corrected chi connectivity index (χ1v) is 10.6. The molecule has 5 nitrogen and oxygen atoms in total. The minimum absolute atomic E-state index is 0.0752. The van der Waals surface area contributed by atoms with Gasteiger partial charge >= 0.3 is 0 Å². The van der Waals surface area contributed by atoms with Crippen LogP contribution in [0.4, 0.5) is 5.69 Å². The minimum atomic E-state index is -0.110. The van der Waals surface area contributed by atoms with Crippen molar-refractivity contribution in [2.45, 2.75) is 44.6 Å². The first-order chi connectivity index (χ1) is 13.1. The summed E-state index contributed by atoms with van der Waals surface area (Å²) in [6.45, 7) is 3.06. The van der Waals surface area contributed by atoms with Gasteiger partial charge in [-0.3, -0.25) is 14.5 Å². The molecule has 1 atom stereocenters. The first-order valence-electron chi connectivity index (χ1n) is 10.2. The summed E-state index contributed by atoms with van der Waals surface area (Å²) >= 11 is 5.95. The Labute approximate surface area is 166 Å². The van der Waals surface area contributed by atoms with E-state index < -0.39 is 0 Å². The third-order valence-corrected chi connectivity index (χ3v) is 6.42. The van der Waals surface area contributed by atoms with Crippen molar-refractivity contribution in [2.24, 2.45) is 11.8 Å². The molecule has 6 heteroatoms. The van der Waals surface area contributed by atoms with Gasteiger partial charge in [-0.1, -0.05) is 24.4 Å². The molecule has 2 saturated carbocycles. The predicted octanol–water partition coefficient (Wildman–Crippen LogP) is 3.39. The van der Waals surface area contributed by atoms with Crippen molar-refractivity contribution in [3.05, 3.63) is 29.3 Å². The highest BCUT2D eigenvalue weighted by molar-refractivity contribution is 6.30. The molecule has 1 unspecified atom stereocenters. The second-order valence-electron chi connectivity index (χ2n) is 8.12. The van der Waals surface area contributed by atoms with E-state index >= 15 is 0 Å². The average Bonchev–Trinajstić information content (AvgIpc) is 3.40. The fourth-order valence-electron chi connectivity index (χ4n) is 4.51. The van der Waals surface area contributed by atoms with E-state index in [1.165, 1.54) is 12.8 Å². The molecule has 0 bridgehead atoms. The molecule has 0 aromatic heterocycles. The van der Waals surface area contributed by atoms with E-state index in [1.54, 1.807) is 12.1 Å². The van der Waals surface area contributed by atoms with Crippen molar-refractivity contribution >= 4 is 29.1 Å². The number of carbonyl (C=O) groups excluding carboxylic acids is 2. The van der Waals surface area contributed by atoms with E-state index in [-0.39, 0.29) is 17.9 Å². The summed E-state index contributed by atoms with van der Waals surface area (Å²) in [4.78, 5) is 29.8. The van der Waals surface area contributed by atoms with Crippen molar-refractivity contribution in [1.29, 1.82) is 0 Å². The van der Waals surface area contributed by atoms with E-state index in [0.717, 1.165) is 57.5 Å². The van der Waals surface area contributed by atoms with E-state index in [9.17, 15) is 9.59 Å². The lowest BCUT2D eigenvalue weighted by Crippen LogP contribution is -2.57. The number of amides is 2. The van der Waals surface area contributed by atoms with E-state index in [2.05, 4.69) is 10.2 Å². The number of halogens is 1. The lowest BCUT2D eigenvalue weighted by Gasteiger charge is -2.40. The number of hydrogen-bond acceptors (Lipinski definition) is 3. The molecule has 0 spiro atoms. The molecule has 1 aromatic carbocycles. The highest BCUT2D eigenvalue weighted by Gasteiger charge is 2.39. The number of nitrogens with one attached hydrogen (secondary N) is 1. The fraction of sp³-hybridized carbons (Fsp3) is 0.619. The Morgan fingerprint density at radius 2 is 1.59 bits per heavy atom. The van der Waals surface area contributed by atoms with Crippen LogP contribution in [-0.2, 0) is 9.59 Å². The molecule has 1 heterocycles. The number of hydrogen-bond donors (Lipinski definition) is 1. The maximum Gasteiger partial charge on any atom is 0.242 e. The van der Waals surface area contributed by atoms with E-state index in [0.29, 0.717) is 16.8 Å². The molecule has 1 aromatic rings. The molecule has 3 aliphatic rings. The molecule has 27 heavy (non-hydrogen) atoms. The highest BCUT2D eigenvalue weighted by Crippen LogP contribution is 2.33. The maximum absolute atomic E-state index is 13.2. The molecule has 0 radical (unpaired) electrons. The Bertz CT molecular complexity index is 675. The first kappa shape index (κ1) is 18.8. The standard InChI is InChI=1S/C21H28ClN3O2/c22-17-7-9-18(10-8-17)23-20(26)19(15-3-1-2-4-15)24-11-13-25(14-12-24)21(27)16-5-6-16/h7-10,15-16,19H,1-6,11-14H2,(H,23,26). The van der Waals surface area contributed by atoms with Gasteiger partial charge in [0, 0.05) is 42.8 Å². The van der Waals surface area contributed by atoms with Crippen LogP contribution in [0.2, 0.25) is 5.02 Å². The lowest BCUT2D eigenvalue weighted by molar-refractivity contribution is -0.135. The number of piperazine rings is 1. The van der Waals surface area contributed by atoms with Gasteiger partial charge in [0.05, 0.1) is 6.04 Å². The predicted molar refractivity (Wildman–Crippen MR) is 107 cm³/mol.